The summed E-state index contributed by atoms with van der Waals surface area (Å²) in [5, 5.41) is 0. The molecule has 0 aliphatic heterocycles. The Balaban J connectivity index is 2.47. The van der Waals surface area contributed by atoms with Crippen molar-refractivity contribution in [3.05, 3.63) is 33.8 Å². The predicted octanol–water partition coefficient (Wildman–Crippen LogP) is 5.04. The van der Waals surface area contributed by atoms with Crippen LogP contribution in [0.2, 0.25) is 0 Å². The van der Waals surface area contributed by atoms with Gasteiger partial charge in [-0.05, 0) is 41.5 Å². The molecule has 0 spiro atoms. The maximum absolute atomic E-state index is 13.1. The van der Waals surface area contributed by atoms with E-state index in [4.69, 9.17) is 0 Å². The highest BCUT2D eigenvalue weighted by Crippen LogP contribution is 2.53. The average molecular weight is 303 g/mol. The van der Waals surface area contributed by atoms with E-state index in [0.29, 0.717) is 12.8 Å². The van der Waals surface area contributed by atoms with Gasteiger partial charge in [0.05, 0.1) is 5.41 Å². The number of alkyl halides is 2. The number of halogens is 3. The van der Waals surface area contributed by atoms with Crippen LogP contribution in [0.25, 0.3) is 0 Å². The molecule has 1 aliphatic rings. The van der Waals surface area contributed by atoms with E-state index in [9.17, 15) is 8.78 Å². The minimum absolute atomic E-state index is 0.0171. The quantitative estimate of drug-likeness (QED) is 0.717. The summed E-state index contributed by atoms with van der Waals surface area (Å²) in [6, 6.07) is 5.81. The largest absolute Gasteiger partial charge is 0.248 e. The molecule has 0 bridgehead atoms. The first-order chi connectivity index (χ1) is 7.75. The SMILES string of the molecule is CC(C)(C)c1cc(Br)cc(C2(C(F)F)CC2)c1. The van der Waals surface area contributed by atoms with Crippen LogP contribution in [0.4, 0.5) is 8.78 Å². The number of rotatable bonds is 2. The summed E-state index contributed by atoms with van der Waals surface area (Å²) in [5.74, 6) is 0. The minimum atomic E-state index is -2.26. The molecular weight excluding hydrogens is 286 g/mol. The average Bonchev–Trinajstić information content (AvgIpc) is 2.95. The molecule has 17 heavy (non-hydrogen) atoms. The van der Waals surface area contributed by atoms with Crippen LogP contribution in [0.1, 0.15) is 44.7 Å². The van der Waals surface area contributed by atoms with Crippen LogP contribution < -0.4 is 0 Å². The standard InChI is InChI=1S/C14H17BrF2/c1-13(2,3)9-6-10(8-11(15)7-9)14(4-5-14)12(16)17/h6-8,12H,4-5H2,1-3H3. The van der Waals surface area contributed by atoms with Crippen LogP contribution in [0.15, 0.2) is 22.7 Å². The lowest BCUT2D eigenvalue weighted by molar-refractivity contribution is 0.102. The zero-order valence-electron chi connectivity index (χ0n) is 10.4. The second-order valence-electron chi connectivity index (χ2n) is 5.94. The summed E-state index contributed by atoms with van der Waals surface area (Å²) in [5.41, 5.74) is 1.00. The van der Waals surface area contributed by atoms with Crippen molar-refractivity contribution in [2.45, 2.75) is 50.9 Å². The first kappa shape index (κ1) is 13.0. The second-order valence-corrected chi connectivity index (χ2v) is 6.85. The van der Waals surface area contributed by atoms with Crippen LogP contribution in [-0.2, 0) is 10.8 Å². The third-order valence-corrected chi connectivity index (χ3v) is 4.00. The van der Waals surface area contributed by atoms with Crippen molar-refractivity contribution in [3.63, 3.8) is 0 Å². The molecule has 1 aliphatic carbocycles. The summed E-state index contributed by atoms with van der Waals surface area (Å²) in [6.07, 6.45) is -1.06. The molecule has 94 valence electrons. The molecule has 0 nitrogen and oxygen atoms in total. The summed E-state index contributed by atoms with van der Waals surface area (Å²) < 4.78 is 27.1. The molecular formula is C14H17BrF2. The predicted molar refractivity (Wildman–Crippen MR) is 69.8 cm³/mol. The van der Waals surface area contributed by atoms with Gasteiger partial charge in [-0.1, -0.05) is 42.8 Å². The molecule has 0 heterocycles. The Bertz CT molecular complexity index is 428. The van der Waals surface area contributed by atoms with Crippen LogP contribution >= 0.6 is 15.9 Å². The molecule has 0 atom stereocenters. The van der Waals surface area contributed by atoms with E-state index >= 15 is 0 Å². The maximum atomic E-state index is 13.1. The molecule has 0 unspecified atom stereocenters. The van der Waals surface area contributed by atoms with E-state index in [2.05, 4.69) is 36.7 Å². The van der Waals surface area contributed by atoms with Crippen molar-refractivity contribution in [1.82, 2.24) is 0 Å². The number of hydrogen-bond acceptors (Lipinski definition) is 0. The summed E-state index contributed by atoms with van der Waals surface area (Å²) in [4.78, 5) is 0. The van der Waals surface area contributed by atoms with Crippen LogP contribution in [0.5, 0.6) is 0 Å². The highest BCUT2D eigenvalue weighted by Gasteiger charge is 2.52. The highest BCUT2D eigenvalue weighted by molar-refractivity contribution is 9.10. The molecule has 0 saturated heterocycles. The van der Waals surface area contributed by atoms with Gasteiger partial charge in [-0.3, -0.25) is 0 Å². The smallest absolute Gasteiger partial charge is 0.210 e. The van der Waals surface area contributed by atoms with Gasteiger partial charge in [-0.2, -0.15) is 0 Å². The molecule has 2 rings (SSSR count). The molecule has 1 saturated carbocycles. The minimum Gasteiger partial charge on any atom is -0.210 e. The van der Waals surface area contributed by atoms with Crippen molar-refractivity contribution >= 4 is 15.9 Å². The van der Waals surface area contributed by atoms with E-state index < -0.39 is 11.8 Å². The Morgan fingerprint density at radius 3 is 2.18 bits per heavy atom. The number of hydrogen-bond donors (Lipinski definition) is 0. The zero-order valence-corrected chi connectivity index (χ0v) is 11.9. The fourth-order valence-electron chi connectivity index (χ4n) is 2.08. The first-order valence-electron chi connectivity index (χ1n) is 5.85. The third-order valence-electron chi connectivity index (χ3n) is 3.55. The summed E-state index contributed by atoms with van der Waals surface area (Å²) in [7, 11) is 0. The van der Waals surface area contributed by atoms with Gasteiger partial charge in [0.2, 0.25) is 6.43 Å². The van der Waals surface area contributed by atoms with Crippen molar-refractivity contribution < 1.29 is 8.78 Å². The summed E-state index contributed by atoms with van der Waals surface area (Å²) >= 11 is 3.43. The van der Waals surface area contributed by atoms with E-state index in [1.54, 1.807) is 0 Å². The van der Waals surface area contributed by atoms with Gasteiger partial charge in [0, 0.05) is 4.47 Å². The molecule has 1 aromatic carbocycles. The Morgan fingerprint density at radius 2 is 1.76 bits per heavy atom. The van der Waals surface area contributed by atoms with Gasteiger partial charge < -0.3 is 0 Å². The van der Waals surface area contributed by atoms with Crippen LogP contribution in [0.3, 0.4) is 0 Å². The normalized spacial score (nSPS) is 18.5. The molecule has 1 aromatic rings. The Labute approximate surface area is 110 Å². The lowest BCUT2D eigenvalue weighted by Gasteiger charge is -2.23. The van der Waals surface area contributed by atoms with Gasteiger partial charge >= 0.3 is 0 Å². The van der Waals surface area contributed by atoms with Crippen molar-refractivity contribution in [1.29, 1.82) is 0 Å². The van der Waals surface area contributed by atoms with Gasteiger partial charge in [0.15, 0.2) is 0 Å². The Morgan fingerprint density at radius 1 is 1.18 bits per heavy atom. The Kier molecular flexibility index (Phi) is 3.09. The van der Waals surface area contributed by atoms with Crippen molar-refractivity contribution in [3.8, 4) is 0 Å². The monoisotopic (exact) mass is 302 g/mol. The lowest BCUT2D eigenvalue weighted by Crippen LogP contribution is -2.19. The molecule has 3 heteroatoms. The summed E-state index contributed by atoms with van der Waals surface area (Å²) in [6.45, 7) is 6.29. The first-order valence-corrected chi connectivity index (χ1v) is 6.65. The van der Waals surface area contributed by atoms with E-state index in [1.165, 1.54) is 0 Å². The van der Waals surface area contributed by atoms with Crippen LogP contribution in [0, 0.1) is 0 Å². The van der Waals surface area contributed by atoms with Gasteiger partial charge in [-0.25, -0.2) is 8.78 Å². The zero-order chi connectivity index (χ0) is 12.8. The maximum Gasteiger partial charge on any atom is 0.248 e. The molecule has 0 aromatic heterocycles. The fraction of sp³-hybridized carbons (Fsp3) is 0.571. The van der Waals surface area contributed by atoms with Crippen molar-refractivity contribution in [2.75, 3.05) is 0 Å². The molecule has 0 amide bonds. The van der Waals surface area contributed by atoms with E-state index in [1.807, 2.05) is 18.2 Å². The second kappa shape index (κ2) is 4.04. The van der Waals surface area contributed by atoms with Crippen molar-refractivity contribution in [2.24, 2.45) is 0 Å². The van der Waals surface area contributed by atoms with Gasteiger partial charge in [0.25, 0.3) is 0 Å². The van der Waals surface area contributed by atoms with E-state index in [-0.39, 0.29) is 5.41 Å². The van der Waals surface area contributed by atoms with Gasteiger partial charge in [-0.15, -0.1) is 0 Å². The highest BCUT2D eigenvalue weighted by atomic mass is 79.9. The molecule has 0 N–H and O–H groups in total. The molecule has 0 radical (unpaired) electrons. The van der Waals surface area contributed by atoms with Gasteiger partial charge in [0.1, 0.15) is 0 Å². The number of benzene rings is 1. The lowest BCUT2D eigenvalue weighted by atomic mass is 9.84. The van der Waals surface area contributed by atoms with E-state index in [0.717, 1.165) is 15.6 Å². The third kappa shape index (κ3) is 2.40. The molecule has 1 fully saturated rings. The van der Waals surface area contributed by atoms with Crippen LogP contribution in [-0.4, -0.2) is 6.43 Å². The topological polar surface area (TPSA) is 0 Å². The Hall–Kier alpha value is -0.440. The fourth-order valence-corrected chi connectivity index (χ4v) is 2.57.